The molecular weight excluding hydrogens is 295 g/mol. The highest BCUT2D eigenvalue weighted by atomic mass is 35.5. The number of halogens is 2. The van der Waals surface area contributed by atoms with Gasteiger partial charge in [0, 0.05) is 17.8 Å². The Bertz CT molecular complexity index is 796. The van der Waals surface area contributed by atoms with Crippen molar-refractivity contribution in [3.63, 3.8) is 0 Å². The van der Waals surface area contributed by atoms with Crippen molar-refractivity contribution in [1.82, 2.24) is 4.98 Å². The van der Waals surface area contributed by atoms with Gasteiger partial charge in [0.15, 0.2) is 5.58 Å². The molecule has 0 aliphatic rings. The first-order valence-corrected chi connectivity index (χ1v) is 6.88. The average molecular weight is 307 g/mol. The van der Waals surface area contributed by atoms with Gasteiger partial charge in [-0.3, -0.25) is 0 Å². The standard InChI is InChI=1S/C15H12Cl2N2O/c1-8-5-10(18-2)7-13-14(8)20-15(19-13)11-6-9(16)3-4-12(11)17/h3-7,18H,1-2H3. The maximum atomic E-state index is 6.19. The van der Waals surface area contributed by atoms with Crippen molar-refractivity contribution in [2.24, 2.45) is 0 Å². The summed E-state index contributed by atoms with van der Waals surface area (Å²) in [6.07, 6.45) is 0. The van der Waals surface area contributed by atoms with E-state index in [0.717, 1.165) is 22.4 Å². The molecular formula is C15H12Cl2N2O. The molecule has 20 heavy (non-hydrogen) atoms. The van der Waals surface area contributed by atoms with Crippen molar-refractivity contribution >= 4 is 40.0 Å². The zero-order valence-corrected chi connectivity index (χ0v) is 12.5. The van der Waals surface area contributed by atoms with Gasteiger partial charge in [-0.05, 0) is 42.8 Å². The molecule has 0 saturated heterocycles. The van der Waals surface area contributed by atoms with Crippen LogP contribution >= 0.6 is 23.2 Å². The van der Waals surface area contributed by atoms with Gasteiger partial charge in [0.1, 0.15) is 5.52 Å². The summed E-state index contributed by atoms with van der Waals surface area (Å²) >= 11 is 12.2. The van der Waals surface area contributed by atoms with Crippen LogP contribution in [0.3, 0.4) is 0 Å². The van der Waals surface area contributed by atoms with Crippen LogP contribution in [0.4, 0.5) is 5.69 Å². The van der Waals surface area contributed by atoms with E-state index in [2.05, 4.69) is 10.3 Å². The van der Waals surface area contributed by atoms with Gasteiger partial charge in [0.05, 0.1) is 10.6 Å². The monoisotopic (exact) mass is 306 g/mol. The van der Waals surface area contributed by atoms with Gasteiger partial charge in [-0.1, -0.05) is 23.2 Å². The molecule has 0 atom stereocenters. The fraction of sp³-hybridized carbons (Fsp3) is 0.133. The van der Waals surface area contributed by atoms with Crippen LogP contribution in [0.25, 0.3) is 22.6 Å². The van der Waals surface area contributed by atoms with Crippen molar-refractivity contribution in [3.8, 4) is 11.5 Å². The minimum absolute atomic E-state index is 0.476. The molecule has 0 bridgehead atoms. The van der Waals surface area contributed by atoms with Gasteiger partial charge in [-0.15, -0.1) is 0 Å². The number of nitrogens with one attached hydrogen (secondary N) is 1. The van der Waals surface area contributed by atoms with Crippen molar-refractivity contribution in [2.75, 3.05) is 12.4 Å². The Balaban J connectivity index is 2.22. The molecule has 0 aliphatic heterocycles. The first-order chi connectivity index (χ1) is 9.58. The SMILES string of the molecule is CNc1cc(C)c2oc(-c3cc(Cl)ccc3Cl)nc2c1. The fourth-order valence-electron chi connectivity index (χ4n) is 2.12. The average Bonchev–Trinajstić information content (AvgIpc) is 2.85. The molecule has 3 rings (SSSR count). The van der Waals surface area contributed by atoms with Crippen molar-refractivity contribution < 1.29 is 4.42 Å². The van der Waals surface area contributed by atoms with Crippen molar-refractivity contribution in [3.05, 3.63) is 45.9 Å². The maximum absolute atomic E-state index is 6.19. The Morgan fingerprint density at radius 2 is 1.95 bits per heavy atom. The topological polar surface area (TPSA) is 38.1 Å². The molecule has 0 unspecified atom stereocenters. The van der Waals surface area contributed by atoms with E-state index in [-0.39, 0.29) is 0 Å². The van der Waals surface area contributed by atoms with Crippen molar-refractivity contribution in [1.29, 1.82) is 0 Å². The van der Waals surface area contributed by atoms with Gasteiger partial charge in [-0.2, -0.15) is 0 Å². The molecule has 1 aromatic heterocycles. The van der Waals surface area contributed by atoms with Gasteiger partial charge >= 0.3 is 0 Å². The molecule has 5 heteroatoms. The summed E-state index contributed by atoms with van der Waals surface area (Å²) in [4.78, 5) is 4.50. The number of hydrogen-bond donors (Lipinski definition) is 1. The number of benzene rings is 2. The van der Waals surface area contributed by atoms with Crippen LogP contribution in [0.15, 0.2) is 34.7 Å². The number of hydrogen-bond acceptors (Lipinski definition) is 3. The number of oxazole rings is 1. The number of fused-ring (bicyclic) bond motifs is 1. The molecule has 0 saturated carbocycles. The third-order valence-corrected chi connectivity index (χ3v) is 3.69. The minimum atomic E-state index is 0.476. The summed E-state index contributed by atoms with van der Waals surface area (Å²) in [6.45, 7) is 1.98. The highest BCUT2D eigenvalue weighted by molar-refractivity contribution is 6.35. The Hall–Kier alpha value is -1.71. The lowest BCUT2D eigenvalue weighted by atomic mass is 10.2. The summed E-state index contributed by atoms with van der Waals surface area (Å²) in [5.74, 6) is 0.476. The van der Waals surface area contributed by atoms with Gasteiger partial charge in [0.25, 0.3) is 0 Å². The van der Waals surface area contributed by atoms with Crippen LogP contribution in [0.5, 0.6) is 0 Å². The van der Waals surface area contributed by atoms with Crippen LogP contribution in [0.1, 0.15) is 5.56 Å². The second-order valence-electron chi connectivity index (χ2n) is 4.53. The summed E-state index contributed by atoms with van der Waals surface area (Å²) < 4.78 is 5.84. The van der Waals surface area contributed by atoms with Crippen LogP contribution in [0.2, 0.25) is 10.0 Å². The summed E-state index contributed by atoms with van der Waals surface area (Å²) in [6, 6.07) is 9.17. The quantitative estimate of drug-likeness (QED) is 0.711. The van der Waals surface area contributed by atoms with Crippen LogP contribution < -0.4 is 5.32 Å². The van der Waals surface area contributed by atoms with E-state index < -0.39 is 0 Å². The predicted octanol–water partition coefficient (Wildman–Crippen LogP) is 5.15. The van der Waals surface area contributed by atoms with E-state index >= 15 is 0 Å². The lowest BCUT2D eigenvalue weighted by Gasteiger charge is -2.00. The van der Waals surface area contributed by atoms with E-state index in [9.17, 15) is 0 Å². The first-order valence-electron chi connectivity index (χ1n) is 6.13. The Morgan fingerprint density at radius 1 is 1.15 bits per heavy atom. The minimum Gasteiger partial charge on any atom is -0.436 e. The molecule has 102 valence electrons. The molecule has 1 heterocycles. The zero-order chi connectivity index (χ0) is 14.3. The maximum Gasteiger partial charge on any atom is 0.228 e. The smallest absolute Gasteiger partial charge is 0.228 e. The van der Waals surface area contributed by atoms with Crippen LogP contribution in [-0.4, -0.2) is 12.0 Å². The second-order valence-corrected chi connectivity index (χ2v) is 5.38. The third-order valence-electron chi connectivity index (χ3n) is 3.12. The van der Waals surface area contributed by atoms with E-state index in [0.29, 0.717) is 21.5 Å². The van der Waals surface area contributed by atoms with Crippen LogP contribution in [0, 0.1) is 6.92 Å². The molecule has 0 spiro atoms. The molecule has 0 fully saturated rings. The van der Waals surface area contributed by atoms with Gasteiger partial charge < -0.3 is 9.73 Å². The number of rotatable bonds is 2. The second kappa shape index (κ2) is 5.00. The predicted molar refractivity (Wildman–Crippen MR) is 83.7 cm³/mol. The summed E-state index contributed by atoms with van der Waals surface area (Å²) in [5.41, 5.74) is 4.26. The molecule has 0 radical (unpaired) electrons. The van der Waals surface area contributed by atoms with Gasteiger partial charge in [0.2, 0.25) is 5.89 Å². The number of aryl methyl sites for hydroxylation is 1. The highest BCUT2D eigenvalue weighted by Gasteiger charge is 2.14. The van der Waals surface area contributed by atoms with E-state index in [1.54, 1.807) is 18.2 Å². The largest absolute Gasteiger partial charge is 0.436 e. The lowest BCUT2D eigenvalue weighted by molar-refractivity contribution is 0.617. The Kier molecular flexibility index (Phi) is 3.32. The Labute approximate surface area is 126 Å². The van der Waals surface area contributed by atoms with Gasteiger partial charge in [-0.25, -0.2) is 4.98 Å². The normalized spacial score (nSPS) is 11.0. The van der Waals surface area contributed by atoms with E-state index in [4.69, 9.17) is 27.6 Å². The molecule has 3 nitrogen and oxygen atoms in total. The highest BCUT2D eigenvalue weighted by Crippen LogP contribution is 2.33. The van der Waals surface area contributed by atoms with Crippen LogP contribution in [-0.2, 0) is 0 Å². The number of aromatic nitrogens is 1. The van der Waals surface area contributed by atoms with E-state index in [1.807, 2.05) is 26.1 Å². The summed E-state index contributed by atoms with van der Waals surface area (Å²) in [5, 5.41) is 4.26. The third kappa shape index (κ3) is 2.23. The Morgan fingerprint density at radius 3 is 2.70 bits per heavy atom. The zero-order valence-electron chi connectivity index (χ0n) is 11.0. The fourth-order valence-corrected chi connectivity index (χ4v) is 2.49. The molecule has 1 N–H and O–H groups in total. The molecule has 0 aliphatic carbocycles. The first kappa shape index (κ1) is 13.3. The lowest BCUT2D eigenvalue weighted by Crippen LogP contribution is -1.88. The van der Waals surface area contributed by atoms with Crippen molar-refractivity contribution in [2.45, 2.75) is 6.92 Å². The molecule has 0 amide bonds. The van der Waals surface area contributed by atoms with E-state index in [1.165, 1.54) is 0 Å². The number of anilines is 1. The summed E-state index contributed by atoms with van der Waals surface area (Å²) in [7, 11) is 1.87. The number of nitrogens with zero attached hydrogens (tertiary/aromatic N) is 1. The molecule has 3 aromatic rings. The molecule has 2 aromatic carbocycles.